The summed E-state index contributed by atoms with van der Waals surface area (Å²) in [6, 6.07) is -0.960. The van der Waals surface area contributed by atoms with Crippen LogP contribution in [-0.2, 0) is 38.1 Å². The molecule has 6 N–H and O–H groups in total. The number of hydrogen-bond donors (Lipinski definition) is 6. The van der Waals surface area contributed by atoms with Crippen molar-refractivity contribution in [2.75, 3.05) is 33.4 Å². The Morgan fingerprint density at radius 2 is 1.54 bits per heavy atom. The normalized spacial score (nSPS) is 32.2. The SMILES string of the molecule is COC1C(OC(=O)N[C@H]2CC[C@H](NC(=O)CNN[C@H](C(=O)C(=O)CNNCC(C)=O)C(C)C)CC2)CC[C@]2(CO2)C1C1(C)O[C@@H]1CC=C(C)C. The Bertz CT molecular complexity index is 1260. The summed E-state index contributed by atoms with van der Waals surface area (Å²) in [5.74, 6) is -1.91. The summed E-state index contributed by atoms with van der Waals surface area (Å²) in [6.45, 7) is 11.6. The number of allylic oxidation sites excluding steroid dienone is 1. The van der Waals surface area contributed by atoms with Gasteiger partial charge in [-0.05, 0) is 78.6 Å². The molecule has 4 fully saturated rings. The van der Waals surface area contributed by atoms with E-state index in [-0.39, 0.29) is 73.1 Å². The van der Waals surface area contributed by atoms with Gasteiger partial charge in [-0.25, -0.2) is 21.1 Å². The molecule has 282 valence electrons. The van der Waals surface area contributed by atoms with Crippen molar-refractivity contribution in [2.24, 2.45) is 11.8 Å². The maximum absolute atomic E-state index is 13.1. The Morgan fingerprint density at radius 1 is 0.900 bits per heavy atom. The van der Waals surface area contributed by atoms with Crippen molar-refractivity contribution in [3.05, 3.63) is 11.6 Å². The first kappa shape index (κ1) is 40.0. The van der Waals surface area contributed by atoms with Gasteiger partial charge in [0.05, 0.1) is 44.3 Å². The number of methoxy groups -OCH3 is 1. The molecule has 2 heterocycles. The molecule has 2 aliphatic heterocycles. The zero-order valence-electron chi connectivity index (χ0n) is 30.6. The smallest absolute Gasteiger partial charge is 0.407 e. The van der Waals surface area contributed by atoms with Gasteiger partial charge in [0, 0.05) is 19.2 Å². The van der Waals surface area contributed by atoms with Crippen LogP contribution in [0.3, 0.4) is 0 Å². The average molecular weight is 707 g/mol. The van der Waals surface area contributed by atoms with Crippen LogP contribution in [0.4, 0.5) is 4.79 Å². The summed E-state index contributed by atoms with van der Waals surface area (Å²) in [4.78, 5) is 61.7. The molecule has 4 unspecified atom stereocenters. The number of hydrazine groups is 2. The first-order valence-electron chi connectivity index (χ1n) is 17.9. The largest absolute Gasteiger partial charge is 0.443 e. The Kier molecular flexibility index (Phi) is 14.1. The molecule has 15 nitrogen and oxygen atoms in total. The molecule has 4 aliphatic rings. The lowest BCUT2D eigenvalue weighted by atomic mass is 9.68. The summed E-state index contributed by atoms with van der Waals surface area (Å²) in [6.07, 6.45) is 6.03. The van der Waals surface area contributed by atoms with Gasteiger partial charge in [0.15, 0.2) is 0 Å². The third kappa shape index (κ3) is 10.6. The molecule has 0 aromatic carbocycles. The highest BCUT2D eigenvalue weighted by Crippen LogP contribution is 2.59. The van der Waals surface area contributed by atoms with Gasteiger partial charge in [-0.1, -0.05) is 25.5 Å². The Labute approximate surface area is 295 Å². The summed E-state index contributed by atoms with van der Waals surface area (Å²) in [5, 5.41) is 6.03. The number of hydrogen-bond acceptors (Lipinski definition) is 13. The van der Waals surface area contributed by atoms with Crippen LogP contribution in [-0.4, -0.2) is 110 Å². The van der Waals surface area contributed by atoms with Gasteiger partial charge >= 0.3 is 6.09 Å². The predicted molar refractivity (Wildman–Crippen MR) is 184 cm³/mol. The maximum atomic E-state index is 13.1. The van der Waals surface area contributed by atoms with E-state index in [9.17, 15) is 24.0 Å². The lowest BCUT2D eigenvalue weighted by Gasteiger charge is -2.42. The number of amides is 2. The van der Waals surface area contributed by atoms with Crippen molar-refractivity contribution < 1.29 is 42.9 Å². The van der Waals surface area contributed by atoms with E-state index < -0.39 is 35.4 Å². The van der Waals surface area contributed by atoms with Crippen molar-refractivity contribution >= 4 is 29.4 Å². The minimum atomic E-state index is -0.831. The molecule has 2 amide bonds. The van der Waals surface area contributed by atoms with Gasteiger partial charge in [0.2, 0.25) is 17.5 Å². The van der Waals surface area contributed by atoms with Gasteiger partial charge in [-0.15, -0.1) is 0 Å². The fourth-order valence-electron chi connectivity index (χ4n) is 7.44. The Balaban J connectivity index is 1.16. The molecular formula is C35H58N6O9. The second-order valence-electron chi connectivity index (χ2n) is 15.0. The van der Waals surface area contributed by atoms with E-state index in [4.69, 9.17) is 18.9 Å². The monoisotopic (exact) mass is 706 g/mol. The molecule has 0 aromatic rings. The van der Waals surface area contributed by atoms with Crippen LogP contribution in [0.5, 0.6) is 0 Å². The quantitative estimate of drug-likeness (QED) is 0.0368. The highest BCUT2D eigenvalue weighted by Gasteiger charge is 2.72. The lowest BCUT2D eigenvalue weighted by molar-refractivity contribution is -0.138. The summed E-state index contributed by atoms with van der Waals surface area (Å²) in [7, 11) is 1.66. The van der Waals surface area contributed by atoms with Gasteiger partial charge in [0.25, 0.3) is 0 Å². The van der Waals surface area contributed by atoms with E-state index in [0.29, 0.717) is 38.7 Å². The molecule has 4 rings (SSSR count). The van der Waals surface area contributed by atoms with E-state index in [1.54, 1.807) is 21.0 Å². The third-order valence-corrected chi connectivity index (χ3v) is 10.4. The lowest BCUT2D eigenvalue weighted by Crippen LogP contribution is -2.56. The zero-order chi connectivity index (χ0) is 36.6. The number of alkyl carbamates (subject to hydrolysis) is 1. The van der Waals surface area contributed by atoms with Crippen molar-refractivity contribution in [1.29, 1.82) is 0 Å². The number of ketones is 3. The minimum absolute atomic E-state index is 0.0375. The van der Waals surface area contributed by atoms with Crippen molar-refractivity contribution in [3.63, 3.8) is 0 Å². The van der Waals surface area contributed by atoms with E-state index in [2.05, 4.69) is 59.2 Å². The molecule has 0 bridgehead atoms. The van der Waals surface area contributed by atoms with Crippen LogP contribution in [0, 0.1) is 11.8 Å². The van der Waals surface area contributed by atoms with Gasteiger partial charge in [-0.3, -0.25) is 24.6 Å². The molecule has 2 aliphatic carbocycles. The summed E-state index contributed by atoms with van der Waals surface area (Å²) < 4.78 is 24.3. The van der Waals surface area contributed by atoms with Crippen LogP contribution in [0.25, 0.3) is 0 Å². The highest BCUT2D eigenvalue weighted by atomic mass is 16.6. The molecule has 50 heavy (non-hydrogen) atoms. The zero-order valence-corrected chi connectivity index (χ0v) is 30.6. The van der Waals surface area contributed by atoms with Crippen LogP contribution in [0.2, 0.25) is 0 Å². The standard InChI is InChI=1S/C35H58N6O9/c1-20(2)8-13-27-34(6,50-27)32-31(47-7)26(14-15-35(32)19-48-35)49-33(46)40-24-11-9-23(10-12-24)39-28(44)18-38-41-29(21(3)4)30(45)25(43)17-37-36-16-22(5)42/h8,21,23-24,26-27,29,31-32,36-38,41H,9-19H2,1-7H3,(H,39,44)(H,40,46)/t23-,24-,26?,27-,29+,31?,32?,34?,35+/m1/s1. The fourth-order valence-corrected chi connectivity index (χ4v) is 7.44. The number of nitrogens with one attached hydrogen (secondary N) is 6. The summed E-state index contributed by atoms with van der Waals surface area (Å²) in [5.41, 5.74) is 11.3. The molecule has 7 atom stereocenters. The fraction of sp³-hybridized carbons (Fsp3) is 0.800. The average Bonchev–Trinajstić information content (AvgIpc) is 3.97. The predicted octanol–water partition coefficient (Wildman–Crippen LogP) is 1.16. The Morgan fingerprint density at radius 3 is 2.12 bits per heavy atom. The van der Waals surface area contributed by atoms with Crippen molar-refractivity contribution in [2.45, 2.75) is 134 Å². The molecular weight excluding hydrogens is 648 g/mol. The number of carbonyl (C=O) groups is 5. The molecule has 2 saturated heterocycles. The van der Waals surface area contributed by atoms with E-state index in [1.165, 1.54) is 12.5 Å². The summed E-state index contributed by atoms with van der Waals surface area (Å²) >= 11 is 0. The maximum Gasteiger partial charge on any atom is 0.407 e. The topological polar surface area (TPSA) is 201 Å². The van der Waals surface area contributed by atoms with Crippen molar-refractivity contribution in [1.82, 2.24) is 32.3 Å². The minimum Gasteiger partial charge on any atom is -0.443 e. The number of rotatable bonds is 19. The Hall–Kier alpha value is -2.79. The van der Waals surface area contributed by atoms with E-state index >= 15 is 0 Å². The number of epoxide rings is 2. The number of carbonyl (C=O) groups excluding carboxylic acids is 5. The second kappa shape index (κ2) is 17.6. The van der Waals surface area contributed by atoms with Gasteiger partial charge < -0.3 is 29.6 Å². The molecule has 2 saturated carbocycles. The van der Waals surface area contributed by atoms with Crippen LogP contribution >= 0.6 is 0 Å². The van der Waals surface area contributed by atoms with Crippen LogP contribution in [0.1, 0.15) is 86.5 Å². The molecule has 0 radical (unpaired) electrons. The first-order chi connectivity index (χ1) is 23.7. The first-order valence-corrected chi connectivity index (χ1v) is 17.9. The molecule has 15 heteroatoms. The second-order valence-corrected chi connectivity index (χ2v) is 15.0. The van der Waals surface area contributed by atoms with Crippen molar-refractivity contribution in [3.8, 4) is 0 Å². The van der Waals surface area contributed by atoms with Gasteiger partial charge in [-0.2, -0.15) is 0 Å². The number of ether oxygens (including phenoxy) is 4. The van der Waals surface area contributed by atoms with E-state index in [1.807, 2.05) is 0 Å². The van der Waals surface area contributed by atoms with Gasteiger partial charge in [0.1, 0.15) is 29.2 Å². The molecule has 1 spiro atoms. The highest BCUT2D eigenvalue weighted by molar-refractivity contribution is 6.40. The molecule has 0 aromatic heterocycles. The third-order valence-electron chi connectivity index (χ3n) is 10.4. The number of Topliss-reactive ketones (excluding diaryl/α,β-unsaturated/α-hetero) is 3. The van der Waals surface area contributed by atoms with Crippen LogP contribution < -0.4 is 32.3 Å². The van der Waals surface area contributed by atoms with E-state index in [0.717, 1.165) is 12.8 Å². The van der Waals surface area contributed by atoms with Crippen LogP contribution in [0.15, 0.2) is 11.6 Å².